The number of aryl methyl sites for hydroxylation is 1. The van der Waals surface area contributed by atoms with Gasteiger partial charge in [0.05, 0.1) is 18.8 Å². The van der Waals surface area contributed by atoms with Crippen molar-refractivity contribution in [3.05, 3.63) is 29.6 Å². The number of aliphatic imine (C=N–C) groups is 1. The van der Waals surface area contributed by atoms with Crippen LogP contribution in [0.5, 0.6) is 0 Å². The van der Waals surface area contributed by atoms with Gasteiger partial charge in [0.2, 0.25) is 0 Å². The van der Waals surface area contributed by atoms with Gasteiger partial charge in [0.15, 0.2) is 5.96 Å². The van der Waals surface area contributed by atoms with Gasteiger partial charge in [-0.25, -0.2) is 0 Å². The standard InChI is InChI=1S/C15H24N4O/c1-12-5-4-6-14(18-12)9-17-15(16-2)19-8-7-13(10-19)11-20-3/h4-6,13H,7-11H2,1-3H3,(H,16,17). The fourth-order valence-corrected chi connectivity index (χ4v) is 2.60. The molecule has 0 aliphatic carbocycles. The number of nitrogens with zero attached hydrogens (tertiary/aromatic N) is 3. The van der Waals surface area contributed by atoms with Crippen LogP contribution >= 0.6 is 0 Å². The zero-order valence-corrected chi connectivity index (χ0v) is 12.6. The minimum atomic E-state index is 0.607. The highest BCUT2D eigenvalue weighted by molar-refractivity contribution is 5.80. The van der Waals surface area contributed by atoms with E-state index < -0.39 is 0 Å². The predicted molar refractivity (Wildman–Crippen MR) is 80.7 cm³/mol. The summed E-state index contributed by atoms with van der Waals surface area (Å²) in [4.78, 5) is 11.2. The minimum Gasteiger partial charge on any atom is -0.384 e. The molecule has 0 aromatic carbocycles. The molecule has 0 bridgehead atoms. The van der Waals surface area contributed by atoms with Crippen LogP contribution in [-0.4, -0.2) is 49.7 Å². The van der Waals surface area contributed by atoms with Crippen molar-refractivity contribution in [1.29, 1.82) is 0 Å². The molecule has 0 radical (unpaired) electrons. The van der Waals surface area contributed by atoms with Crippen LogP contribution in [0.1, 0.15) is 17.8 Å². The number of nitrogens with one attached hydrogen (secondary N) is 1. The van der Waals surface area contributed by atoms with Crippen LogP contribution in [0.4, 0.5) is 0 Å². The minimum absolute atomic E-state index is 0.607. The highest BCUT2D eigenvalue weighted by Gasteiger charge is 2.24. The van der Waals surface area contributed by atoms with E-state index in [2.05, 4.69) is 20.2 Å². The van der Waals surface area contributed by atoms with Gasteiger partial charge in [0.1, 0.15) is 0 Å². The molecule has 1 aliphatic heterocycles. The molecule has 5 nitrogen and oxygen atoms in total. The topological polar surface area (TPSA) is 49.8 Å². The van der Waals surface area contributed by atoms with E-state index in [1.165, 1.54) is 0 Å². The first-order chi connectivity index (χ1) is 9.72. The van der Waals surface area contributed by atoms with Crippen LogP contribution < -0.4 is 5.32 Å². The molecule has 0 spiro atoms. The molecule has 2 rings (SSSR count). The van der Waals surface area contributed by atoms with Crippen molar-refractivity contribution >= 4 is 5.96 Å². The maximum Gasteiger partial charge on any atom is 0.193 e. The van der Waals surface area contributed by atoms with Crippen LogP contribution in [0.15, 0.2) is 23.2 Å². The van der Waals surface area contributed by atoms with Crippen LogP contribution in [-0.2, 0) is 11.3 Å². The van der Waals surface area contributed by atoms with E-state index in [1.807, 2.05) is 32.2 Å². The molecule has 1 atom stereocenters. The number of pyridine rings is 1. The first-order valence-electron chi connectivity index (χ1n) is 7.10. The van der Waals surface area contributed by atoms with Gasteiger partial charge in [-0.2, -0.15) is 0 Å². The highest BCUT2D eigenvalue weighted by atomic mass is 16.5. The van der Waals surface area contributed by atoms with Crippen molar-refractivity contribution in [2.24, 2.45) is 10.9 Å². The lowest BCUT2D eigenvalue weighted by Gasteiger charge is -2.21. The molecule has 1 N–H and O–H groups in total. The fourth-order valence-electron chi connectivity index (χ4n) is 2.60. The van der Waals surface area contributed by atoms with Crippen LogP contribution in [0.25, 0.3) is 0 Å². The van der Waals surface area contributed by atoms with Gasteiger partial charge in [0, 0.05) is 38.9 Å². The summed E-state index contributed by atoms with van der Waals surface area (Å²) >= 11 is 0. The summed E-state index contributed by atoms with van der Waals surface area (Å²) < 4.78 is 5.23. The zero-order chi connectivity index (χ0) is 14.4. The average Bonchev–Trinajstić information content (AvgIpc) is 2.89. The molecule has 20 heavy (non-hydrogen) atoms. The second-order valence-corrected chi connectivity index (χ2v) is 5.23. The van der Waals surface area contributed by atoms with Crippen molar-refractivity contribution in [3.8, 4) is 0 Å². The Morgan fingerprint density at radius 3 is 3.10 bits per heavy atom. The van der Waals surface area contributed by atoms with E-state index in [0.29, 0.717) is 12.5 Å². The lowest BCUT2D eigenvalue weighted by atomic mass is 10.1. The number of hydrogen-bond acceptors (Lipinski definition) is 3. The summed E-state index contributed by atoms with van der Waals surface area (Å²) in [7, 11) is 3.59. The first kappa shape index (κ1) is 14.8. The van der Waals surface area contributed by atoms with Gasteiger partial charge < -0.3 is 15.0 Å². The summed E-state index contributed by atoms with van der Waals surface area (Å²) in [5.41, 5.74) is 2.08. The number of ether oxygens (including phenoxy) is 1. The molecule has 1 saturated heterocycles. The zero-order valence-electron chi connectivity index (χ0n) is 12.6. The molecule has 1 aromatic heterocycles. The number of aromatic nitrogens is 1. The molecule has 110 valence electrons. The van der Waals surface area contributed by atoms with E-state index in [4.69, 9.17) is 4.74 Å². The largest absolute Gasteiger partial charge is 0.384 e. The molecule has 0 amide bonds. The Labute approximate surface area is 121 Å². The van der Waals surface area contributed by atoms with Gasteiger partial charge in [-0.15, -0.1) is 0 Å². The molecule has 5 heteroatoms. The second-order valence-electron chi connectivity index (χ2n) is 5.23. The monoisotopic (exact) mass is 276 g/mol. The molecule has 1 fully saturated rings. The van der Waals surface area contributed by atoms with E-state index in [-0.39, 0.29) is 0 Å². The average molecular weight is 276 g/mol. The van der Waals surface area contributed by atoms with E-state index in [1.54, 1.807) is 7.11 Å². The van der Waals surface area contributed by atoms with Gasteiger partial charge in [0.25, 0.3) is 0 Å². The maximum absolute atomic E-state index is 5.23. The Hall–Kier alpha value is -1.62. The summed E-state index contributed by atoms with van der Waals surface area (Å²) in [6, 6.07) is 6.08. The van der Waals surface area contributed by atoms with Crippen molar-refractivity contribution in [1.82, 2.24) is 15.2 Å². The number of guanidine groups is 1. The Balaban J connectivity index is 1.87. The van der Waals surface area contributed by atoms with Gasteiger partial charge >= 0.3 is 0 Å². The third-order valence-corrected chi connectivity index (χ3v) is 3.57. The number of likely N-dealkylation sites (tertiary alicyclic amines) is 1. The normalized spacial score (nSPS) is 19.4. The lowest BCUT2D eigenvalue weighted by molar-refractivity contribution is 0.157. The lowest BCUT2D eigenvalue weighted by Crippen LogP contribution is -2.40. The molecule has 1 unspecified atom stereocenters. The van der Waals surface area contributed by atoms with Gasteiger partial charge in [-0.3, -0.25) is 9.98 Å². The predicted octanol–water partition coefficient (Wildman–Crippen LogP) is 1.43. The van der Waals surface area contributed by atoms with Crippen molar-refractivity contribution < 1.29 is 4.74 Å². The van der Waals surface area contributed by atoms with Crippen LogP contribution in [0.2, 0.25) is 0 Å². The van der Waals surface area contributed by atoms with Gasteiger partial charge in [-0.1, -0.05) is 6.07 Å². The van der Waals surface area contributed by atoms with E-state index in [9.17, 15) is 0 Å². The van der Waals surface area contributed by atoms with E-state index >= 15 is 0 Å². The smallest absolute Gasteiger partial charge is 0.193 e. The quantitative estimate of drug-likeness (QED) is 0.668. The molecule has 1 aromatic rings. The summed E-state index contributed by atoms with van der Waals surface area (Å²) in [6.07, 6.45) is 1.16. The van der Waals surface area contributed by atoms with Crippen molar-refractivity contribution in [3.63, 3.8) is 0 Å². The Morgan fingerprint density at radius 2 is 2.40 bits per heavy atom. The number of methoxy groups -OCH3 is 1. The highest BCUT2D eigenvalue weighted by Crippen LogP contribution is 2.16. The fraction of sp³-hybridized carbons (Fsp3) is 0.600. The SMILES string of the molecule is CN=C(NCc1cccc(C)n1)N1CCC(COC)C1. The van der Waals surface area contributed by atoms with Crippen LogP contribution in [0.3, 0.4) is 0 Å². The molecule has 0 saturated carbocycles. The summed E-state index contributed by atoms with van der Waals surface area (Å²) in [5.74, 6) is 1.56. The third-order valence-electron chi connectivity index (χ3n) is 3.57. The Morgan fingerprint density at radius 1 is 1.55 bits per heavy atom. The maximum atomic E-state index is 5.23. The molecular weight excluding hydrogens is 252 g/mol. The van der Waals surface area contributed by atoms with Crippen LogP contribution in [0, 0.1) is 12.8 Å². The molecule has 1 aliphatic rings. The van der Waals surface area contributed by atoms with Crippen molar-refractivity contribution in [2.45, 2.75) is 19.9 Å². The molecule has 2 heterocycles. The van der Waals surface area contributed by atoms with E-state index in [0.717, 1.165) is 43.5 Å². The second kappa shape index (κ2) is 7.24. The Kier molecular flexibility index (Phi) is 5.35. The number of hydrogen-bond donors (Lipinski definition) is 1. The summed E-state index contributed by atoms with van der Waals surface area (Å²) in [6.45, 7) is 5.59. The third kappa shape index (κ3) is 3.93. The molecular formula is C15H24N4O. The van der Waals surface area contributed by atoms with Gasteiger partial charge in [-0.05, 0) is 25.5 Å². The van der Waals surface area contributed by atoms with Crippen molar-refractivity contribution in [2.75, 3.05) is 33.9 Å². The Bertz CT molecular complexity index is 461. The first-order valence-corrected chi connectivity index (χ1v) is 7.10. The summed E-state index contributed by atoms with van der Waals surface area (Å²) in [5, 5.41) is 3.39. The number of rotatable bonds is 4.